The van der Waals surface area contributed by atoms with Gasteiger partial charge in [0, 0.05) is 12.6 Å². The molecule has 0 saturated carbocycles. The maximum atomic E-state index is 12.8. The van der Waals surface area contributed by atoms with Gasteiger partial charge < -0.3 is 14.8 Å². The van der Waals surface area contributed by atoms with Crippen LogP contribution < -0.4 is 20.3 Å². The quantitative estimate of drug-likeness (QED) is 0.457. The number of hydrogen-bond donors (Lipinski definition) is 1. The topological polar surface area (TPSA) is 100 Å². The Hall–Kier alpha value is -4.14. The van der Waals surface area contributed by atoms with Crippen LogP contribution in [0.5, 0.6) is 11.5 Å². The third-order valence-corrected chi connectivity index (χ3v) is 5.08. The number of aromatic nitrogens is 4. The molecule has 0 unspecified atom stereocenters. The monoisotopic (exact) mass is 433 g/mol. The molecule has 2 aromatic heterocycles. The molecule has 9 heteroatoms. The van der Waals surface area contributed by atoms with Crippen LogP contribution in [0.2, 0.25) is 0 Å². The molecule has 1 amide bonds. The Balaban J connectivity index is 1.44. The average Bonchev–Trinajstić information content (AvgIpc) is 3.24. The average molecular weight is 433 g/mol. The highest BCUT2D eigenvalue weighted by molar-refractivity contribution is 5.97. The number of methoxy groups -OCH3 is 2. The summed E-state index contributed by atoms with van der Waals surface area (Å²) in [6.07, 6.45) is 3.04. The van der Waals surface area contributed by atoms with E-state index in [4.69, 9.17) is 9.47 Å². The molecule has 9 nitrogen and oxygen atoms in total. The van der Waals surface area contributed by atoms with E-state index < -0.39 is 0 Å². The molecule has 0 atom stereocenters. The summed E-state index contributed by atoms with van der Waals surface area (Å²) >= 11 is 0. The van der Waals surface area contributed by atoms with Gasteiger partial charge in [-0.15, -0.1) is 0 Å². The van der Waals surface area contributed by atoms with Crippen molar-refractivity contribution in [3.8, 4) is 11.5 Å². The molecule has 32 heavy (non-hydrogen) atoms. The van der Waals surface area contributed by atoms with E-state index in [9.17, 15) is 9.59 Å². The first-order valence-corrected chi connectivity index (χ1v) is 10.1. The van der Waals surface area contributed by atoms with E-state index in [-0.39, 0.29) is 11.5 Å². The SMILES string of the molecule is COc1ccc(C(=O)NCCn2ncc3c(=O)n(Cc4ccccc4)cnc32)c(OC)c1. The third kappa shape index (κ3) is 4.31. The Labute approximate surface area is 184 Å². The van der Waals surface area contributed by atoms with Crippen LogP contribution in [0.3, 0.4) is 0 Å². The summed E-state index contributed by atoms with van der Waals surface area (Å²) in [5.41, 5.74) is 1.74. The summed E-state index contributed by atoms with van der Waals surface area (Å²) in [6.45, 7) is 1.11. The first-order valence-electron chi connectivity index (χ1n) is 10.1. The third-order valence-electron chi connectivity index (χ3n) is 5.08. The number of rotatable bonds is 8. The Bertz CT molecular complexity index is 1300. The molecule has 4 rings (SSSR count). The van der Waals surface area contributed by atoms with Gasteiger partial charge in [-0.3, -0.25) is 14.2 Å². The van der Waals surface area contributed by atoms with E-state index in [1.807, 2.05) is 30.3 Å². The second-order valence-corrected chi connectivity index (χ2v) is 7.09. The molecule has 0 aliphatic rings. The van der Waals surface area contributed by atoms with Crippen LogP contribution in [-0.4, -0.2) is 46.0 Å². The normalized spacial score (nSPS) is 10.8. The van der Waals surface area contributed by atoms with Gasteiger partial charge in [-0.1, -0.05) is 30.3 Å². The van der Waals surface area contributed by atoms with Crippen molar-refractivity contribution in [1.82, 2.24) is 24.6 Å². The minimum Gasteiger partial charge on any atom is -0.497 e. The fraction of sp³-hybridized carbons (Fsp3) is 0.217. The van der Waals surface area contributed by atoms with Crippen molar-refractivity contribution in [1.29, 1.82) is 0 Å². The van der Waals surface area contributed by atoms with Crippen molar-refractivity contribution in [3.63, 3.8) is 0 Å². The van der Waals surface area contributed by atoms with Crippen LogP contribution in [0.25, 0.3) is 11.0 Å². The van der Waals surface area contributed by atoms with Crippen molar-refractivity contribution in [2.75, 3.05) is 20.8 Å². The minimum atomic E-state index is -0.279. The number of fused-ring (bicyclic) bond motifs is 1. The van der Waals surface area contributed by atoms with Gasteiger partial charge in [0.05, 0.1) is 39.1 Å². The lowest BCUT2D eigenvalue weighted by molar-refractivity contribution is 0.0949. The molecule has 0 bridgehead atoms. The fourth-order valence-corrected chi connectivity index (χ4v) is 3.41. The molecule has 0 radical (unpaired) electrons. The van der Waals surface area contributed by atoms with E-state index in [1.165, 1.54) is 19.6 Å². The molecule has 0 aliphatic heterocycles. The molecule has 0 spiro atoms. The second-order valence-electron chi connectivity index (χ2n) is 7.09. The maximum absolute atomic E-state index is 12.8. The van der Waals surface area contributed by atoms with Gasteiger partial charge in [0.25, 0.3) is 11.5 Å². The summed E-state index contributed by atoms with van der Waals surface area (Å²) in [5, 5.41) is 7.56. The lowest BCUT2D eigenvalue weighted by atomic mass is 10.1. The maximum Gasteiger partial charge on any atom is 0.264 e. The smallest absolute Gasteiger partial charge is 0.264 e. The van der Waals surface area contributed by atoms with E-state index in [0.29, 0.717) is 47.7 Å². The summed E-state index contributed by atoms with van der Waals surface area (Å²) in [4.78, 5) is 29.8. The van der Waals surface area contributed by atoms with Crippen LogP contribution >= 0.6 is 0 Å². The van der Waals surface area contributed by atoms with Gasteiger partial charge in [-0.2, -0.15) is 5.10 Å². The van der Waals surface area contributed by atoms with Gasteiger partial charge in [-0.05, 0) is 17.7 Å². The highest BCUT2D eigenvalue weighted by Crippen LogP contribution is 2.24. The Morgan fingerprint density at radius 2 is 1.91 bits per heavy atom. The molecular formula is C23H23N5O4. The van der Waals surface area contributed by atoms with Crippen molar-refractivity contribution in [2.24, 2.45) is 0 Å². The minimum absolute atomic E-state index is 0.155. The summed E-state index contributed by atoms with van der Waals surface area (Å²) in [5.74, 6) is 0.747. The molecule has 0 saturated heterocycles. The van der Waals surface area contributed by atoms with Crippen LogP contribution in [0, 0.1) is 0 Å². The number of nitrogens with zero attached hydrogens (tertiary/aromatic N) is 4. The lowest BCUT2D eigenvalue weighted by Gasteiger charge is -2.11. The fourth-order valence-electron chi connectivity index (χ4n) is 3.41. The van der Waals surface area contributed by atoms with Crippen LogP contribution in [0.4, 0.5) is 0 Å². The molecule has 164 valence electrons. The van der Waals surface area contributed by atoms with E-state index in [0.717, 1.165) is 5.56 Å². The predicted molar refractivity (Wildman–Crippen MR) is 119 cm³/mol. The molecule has 2 heterocycles. The first kappa shape index (κ1) is 21.1. The molecule has 0 fully saturated rings. The van der Waals surface area contributed by atoms with Gasteiger partial charge in [0.15, 0.2) is 5.65 Å². The van der Waals surface area contributed by atoms with Gasteiger partial charge >= 0.3 is 0 Å². The number of nitrogens with one attached hydrogen (secondary N) is 1. The highest BCUT2D eigenvalue weighted by Gasteiger charge is 2.14. The molecule has 1 N–H and O–H groups in total. The van der Waals surface area contributed by atoms with Crippen molar-refractivity contribution in [3.05, 3.63) is 82.5 Å². The number of amides is 1. The predicted octanol–water partition coefficient (Wildman–Crippen LogP) is 2.09. The second kappa shape index (κ2) is 9.34. The van der Waals surface area contributed by atoms with Crippen molar-refractivity contribution < 1.29 is 14.3 Å². The van der Waals surface area contributed by atoms with Crippen LogP contribution in [0.1, 0.15) is 15.9 Å². The van der Waals surface area contributed by atoms with E-state index >= 15 is 0 Å². The van der Waals surface area contributed by atoms with E-state index in [2.05, 4.69) is 15.4 Å². The van der Waals surface area contributed by atoms with Crippen molar-refractivity contribution >= 4 is 16.9 Å². The largest absolute Gasteiger partial charge is 0.497 e. The zero-order valence-corrected chi connectivity index (χ0v) is 17.8. The number of ether oxygens (including phenoxy) is 2. The highest BCUT2D eigenvalue weighted by atomic mass is 16.5. The standard InChI is InChI=1S/C23H23N5O4/c1-31-17-8-9-18(20(12-17)32-2)22(29)24-10-11-28-21-19(13-26-28)23(30)27(15-25-21)14-16-6-4-3-5-7-16/h3-9,12-13,15H,10-11,14H2,1-2H3,(H,24,29). The Morgan fingerprint density at radius 3 is 2.66 bits per heavy atom. The number of hydrogen-bond acceptors (Lipinski definition) is 6. The number of benzene rings is 2. The van der Waals surface area contributed by atoms with Crippen LogP contribution in [-0.2, 0) is 13.1 Å². The zero-order valence-electron chi connectivity index (χ0n) is 17.8. The molecule has 0 aliphatic carbocycles. The molecule has 4 aromatic rings. The zero-order chi connectivity index (χ0) is 22.5. The summed E-state index contributed by atoms with van der Waals surface area (Å²) in [7, 11) is 3.05. The number of carbonyl (C=O) groups is 1. The van der Waals surface area contributed by atoms with Gasteiger partial charge in [0.2, 0.25) is 0 Å². The van der Waals surface area contributed by atoms with E-state index in [1.54, 1.807) is 34.6 Å². The Kier molecular flexibility index (Phi) is 6.16. The summed E-state index contributed by atoms with van der Waals surface area (Å²) in [6, 6.07) is 14.7. The molecular weight excluding hydrogens is 410 g/mol. The summed E-state index contributed by atoms with van der Waals surface area (Å²) < 4.78 is 13.6. The Morgan fingerprint density at radius 1 is 1.09 bits per heavy atom. The van der Waals surface area contributed by atoms with Gasteiger partial charge in [-0.25, -0.2) is 9.67 Å². The van der Waals surface area contributed by atoms with Crippen LogP contribution in [0.15, 0.2) is 65.8 Å². The first-order chi connectivity index (χ1) is 15.6. The number of carbonyl (C=O) groups excluding carboxylic acids is 1. The molecule has 2 aromatic carbocycles. The van der Waals surface area contributed by atoms with Gasteiger partial charge in [0.1, 0.15) is 23.2 Å². The van der Waals surface area contributed by atoms with Crippen molar-refractivity contribution in [2.45, 2.75) is 13.1 Å². The lowest BCUT2D eigenvalue weighted by Crippen LogP contribution is -2.28.